The third-order valence-corrected chi connectivity index (χ3v) is 4.87. The van der Waals surface area contributed by atoms with E-state index in [1.165, 1.54) is 0 Å². The van der Waals surface area contributed by atoms with Gasteiger partial charge in [0.15, 0.2) is 0 Å². The van der Waals surface area contributed by atoms with Crippen LogP contribution in [-0.4, -0.2) is 37.2 Å². The maximum atomic E-state index is 6.41. The predicted molar refractivity (Wildman–Crippen MR) is 79.2 cm³/mol. The molecule has 0 aliphatic carbocycles. The summed E-state index contributed by atoms with van der Waals surface area (Å²) in [5.41, 5.74) is 7.39. The second-order valence-electron chi connectivity index (χ2n) is 6.28. The molecule has 0 amide bonds. The van der Waals surface area contributed by atoms with Gasteiger partial charge in [-0.15, -0.1) is 0 Å². The molecule has 2 aliphatic rings. The highest BCUT2D eigenvalue weighted by Crippen LogP contribution is 2.45. The lowest BCUT2D eigenvalue weighted by Crippen LogP contribution is -2.53. The van der Waals surface area contributed by atoms with Crippen LogP contribution in [0.25, 0.3) is 0 Å². The maximum absolute atomic E-state index is 6.41. The van der Waals surface area contributed by atoms with E-state index < -0.39 is 0 Å². The quantitative estimate of drug-likeness (QED) is 0.855. The summed E-state index contributed by atoms with van der Waals surface area (Å²) < 4.78 is 11.7. The zero-order valence-electron chi connectivity index (χ0n) is 12.6. The number of fused-ring (bicyclic) bond motifs is 1. The summed E-state index contributed by atoms with van der Waals surface area (Å²) >= 11 is 0. The van der Waals surface area contributed by atoms with Gasteiger partial charge < -0.3 is 20.1 Å². The van der Waals surface area contributed by atoms with Crippen molar-refractivity contribution in [3.63, 3.8) is 0 Å². The minimum atomic E-state index is -0.0903. The zero-order chi connectivity index (χ0) is 14.3. The van der Waals surface area contributed by atoms with E-state index in [-0.39, 0.29) is 11.6 Å². The van der Waals surface area contributed by atoms with Gasteiger partial charge in [0.1, 0.15) is 17.1 Å². The van der Waals surface area contributed by atoms with Crippen molar-refractivity contribution in [3.8, 4) is 11.5 Å². The highest BCUT2D eigenvalue weighted by atomic mass is 16.5. The molecule has 1 fully saturated rings. The lowest BCUT2D eigenvalue weighted by molar-refractivity contribution is -0.0358. The van der Waals surface area contributed by atoms with Gasteiger partial charge in [0.2, 0.25) is 0 Å². The maximum Gasteiger partial charge on any atom is 0.125 e. The average Bonchev–Trinajstić information content (AvgIpc) is 2.43. The van der Waals surface area contributed by atoms with Crippen molar-refractivity contribution < 1.29 is 9.47 Å². The SMILES string of the molecule is COc1ccc2c(c1)C(N)CC1(CCN(C)C(C)C1)O2. The smallest absolute Gasteiger partial charge is 0.125 e. The Morgan fingerprint density at radius 3 is 2.90 bits per heavy atom. The number of benzene rings is 1. The van der Waals surface area contributed by atoms with Crippen LogP contribution in [0.3, 0.4) is 0 Å². The molecule has 1 aromatic carbocycles. The first-order chi connectivity index (χ1) is 9.53. The van der Waals surface area contributed by atoms with Crippen LogP contribution in [0.4, 0.5) is 0 Å². The van der Waals surface area contributed by atoms with Gasteiger partial charge in [0.25, 0.3) is 0 Å². The van der Waals surface area contributed by atoms with Crippen molar-refractivity contribution in [2.24, 2.45) is 5.73 Å². The fourth-order valence-electron chi connectivity index (χ4n) is 3.50. The topological polar surface area (TPSA) is 47.7 Å². The predicted octanol–water partition coefficient (Wildman–Crippen LogP) is 2.33. The third kappa shape index (κ3) is 2.27. The molecule has 0 saturated carbocycles. The number of nitrogens with two attached hydrogens (primary N) is 1. The highest BCUT2D eigenvalue weighted by Gasteiger charge is 2.44. The average molecular weight is 276 g/mol. The van der Waals surface area contributed by atoms with E-state index in [9.17, 15) is 0 Å². The van der Waals surface area contributed by atoms with Crippen molar-refractivity contribution in [2.45, 2.75) is 43.9 Å². The molecule has 110 valence electrons. The van der Waals surface area contributed by atoms with Crippen LogP contribution < -0.4 is 15.2 Å². The molecule has 2 aliphatic heterocycles. The molecule has 2 N–H and O–H groups in total. The molecule has 0 aromatic heterocycles. The molecule has 3 rings (SSSR count). The molecule has 1 saturated heterocycles. The first kappa shape index (κ1) is 13.7. The molecule has 20 heavy (non-hydrogen) atoms. The number of hydrogen-bond acceptors (Lipinski definition) is 4. The van der Waals surface area contributed by atoms with Gasteiger partial charge in [-0.25, -0.2) is 0 Å². The Balaban J connectivity index is 1.89. The van der Waals surface area contributed by atoms with E-state index >= 15 is 0 Å². The zero-order valence-corrected chi connectivity index (χ0v) is 12.6. The Bertz CT molecular complexity index is 505. The second-order valence-corrected chi connectivity index (χ2v) is 6.28. The van der Waals surface area contributed by atoms with E-state index in [4.69, 9.17) is 15.2 Å². The molecule has 3 unspecified atom stereocenters. The summed E-state index contributed by atoms with van der Waals surface area (Å²) in [5.74, 6) is 1.77. The second kappa shape index (κ2) is 4.93. The summed E-state index contributed by atoms with van der Waals surface area (Å²) in [6.45, 7) is 3.33. The standard InChI is InChI=1S/C16H24N2O2/c1-11-9-16(6-7-18(11)2)10-14(17)13-8-12(19-3)4-5-15(13)20-16/h4-5,8,11,14H,6-7,9-10,17H2,1-3H3. The first-order valence-electron chi connectivity index (χ1n) is 7.36. The summed E-state index contributed by atoms with van der Waals surface area (Å²) in [6, 6.07) is 6.52. The molecule has 0 radical (unpaired) electrons. The Morgan fingerprint density at radius 2 is 2.20 bits per heavy atom. The normalized spacial score (nSPS) is 33.6. The number of methoxy groups -OCH3 is 1. The van der Waals surface area contributed by atoms with Crippen molar-refractivity contribution in [1.82, 2.24) is 4.90 Å². The highest BCUT2D eigenvalue weighted by molar-refractivity contribution is 5.44. The molecule has 2 heterocycles. The molecule has 4 nitrogen and oxygen atoms in total. The minimum Gasteiger partial charge on any atom is -0.497 e. The van der Waals surface area contributed by atoms with Crippen molar-refractivity contribution in [2.75, 3.05) is 20.7 Å². The van der Waals surface area contributed by atoms with Crippen LogP contribution >= 0.6 is 0 Å². The van der Waals surface area contributed by atoms with Gasteiger partial charge in [-0.3, -0.25) is 0 Å². The molecular weight excluding hydrogens is 252 g/mol. The summed E-state index contributed by atoms with van der Waals surface area (Å²) in [7, 11) is 3.86. The van der Waals surface area contributed by atoms with Crippen LogP contribution in [-0.2, 0) is 0 Å². The van der Waals surface area contributed by atoms with E-state index in [0.29, 0.717) is 6.04 Å². The van der Waals surface area contributed by atoms with Crippen LogP contribution in [0.1, 0.15) is 37.8 Å². The van der Waals surface area contributed by atoms with Crippen molar-refractivity contribution in [3.05, 3.63) is 23.8 Å². The van der Waals surface area contributed by atoms with Gasteiger partial charge >= 0.3 is 0 Å². The Kier molecular flexibility index (Phi) is 3.38. The van der Waals surface area contributed by atoms with E-state index in [1.807, 2.05) is 18.2 Å². The van der Waals surface area contributed by atoms with Gasteiger partial charge in [-0.1, -0.05) is 0 Å². The number of piperidine rings is 1. The fraction of sp³-hybridized carbons (Fsp3) is 0.625. The molecule has 0 bridgehead atoms. The fourth-order valence-corrected chi connectivity index (χ4v) is 3.50. The Labute approximate surface area is 120 Å². The number of likely N-dealkylation sites (tertiary alicyclic amines) is 1. The largest absolute Gasteiger partial charge is 0.497 e. The van der Waals surface area contributed by atoms with Crippen LogP contribution in [0.15, 0.2) is 18.2 Å². The van der Waals surface area contributed by atoms with Crippen LogP contribution in [0, 0.1) is 0 Å². The Morgan fingerprint density at radius 1 is 1.40 bits per heavy atom. The summed E-state index contributed by atoms with van der Waals surface area (Å²) in [5, 5.41) is 0. The molecule has 4 heteroatoms. The lowest BCUT2D eigenvalue weighted by atomic mass is 9.78. The lowest BCUT2D eigenvalue weighted by Gasteiger charge is -2.48. The van der Waals surface area contributed by atoms with Crippen LogP contribution in [0.2, 0.25) is 0 Å². The number of rotatable bonds is 1. The molecule has 1 aromatic rings. The molecule has 3 atom stereocenters. The van der Waals surface area contributed by atoms with Crippen molar-refractivity contribution in [1.29, 1.82) is 0 Å². The van der Waals surface area contributed by atoms with Gasteiger partial charge in [-0.2, -0.15) is 0 Å². The molecular formula is C16H24N2O2. The number of nitrogens with zero attached hydrogens (tertiary/aromatic N) is 1. The van der Waals surface area contributed by atoms with Gasteiger partial charge in [0, 0.05) is 37.0 Å². The van der Waals surface area contributed by atoms with Gasteiger partial charge in [-0.05, 0) is 38.6 Å². The monoisotopic (exact) mass is 276 g/mol. The van der Waals surface area contributed by atoms with Crippen molar-refractivity contribution >= 4 is 0 Å². The summed E-state index contributed by atoms with van der Waals surface area (Å²) in [6.07, 6.45) is 2.99. The van der Waals surface area contributed by atoms with Gasteiger partial charge in [0.05, 0.1) is 7.11 Å². The van der Waals surface area contributed by atoms with E-state index in [2.05, 4.69) is 18.9 Å². The first-order valence-corrected chi connectivity index (χ1v) is 7.36. The van der Waals surface area contributed by atoms with E-state index in [0.717, 1.165) is 42.9 Å². The van der Waals surface area contributed by atoms with Crippen LogP contribution in [0.5, 0.6) is 11.5 Å². The van der Waals surface area contributed by atoms with E-state index in [1.54, 1.807) is 7.11 Å². The molecule has 1 spiro atoms. The summed E-state index contributed by atoms with van der Waals surface area (Å²) in [4.78, 5) is 2.39. The number of ether oxygens (including phenoxy) is 2. The Hall–Kier alpha value is -1.26. The third-order valence-electron chi connectivity index (χ3n) is 4.87. The number of hydrogen-bond donors (Lipinski definition) is 1. The minimum absolute atomic E-state index is 0.0319.